The summed E-state index contributed by atoms with van der Waals surface area (Å²) in [5.41, 5.74) is 2.00. The zero-order chi connectivity index (χ0) is 25.2. The molecule has 1 atom stereocenters. The normalized spacial score (nSPS) is 17.8. The van der Waals surface area contributed by atoms with Gasteiger partial charge in [-0.2, -0.15) is 0 Å². The SMILES string of the molecule is Cc1ccccc1CN(C(=O)CCN1C(=O)c2ccccc2S1(=O)=O)[C@H](C)C(=O)NC1CCCC1. The lowest BCUT2D eigenvalue weighted by molar-refractivity contribution is -0.141. The average molecular weight is 498 g/mol. The van der Waals surface area contributed by atoms with Gasteiger partial charge in [0.15, 0.2) is 0 Å². The Bertz CT molecular complexity index is 1240. The van der Waals surface area contributed by atoms with Gasteiger partial charge in [-0.3, -0.25) is 14.4 Å². The summed E-state index contributed by atoms with van der Waals surface area (Å²) in [6.07, 6.45) is 3.79. The Morgan fingerprint density at radius 2 is 1.74 bits per heavy atom. The molecular formula is C26H31N3O5S. The highest BCUT2D eigenvalue weighted by Crippen LogP contribution is 2.30. The van der Waals surface area contributed by atoms with Gasteiger partial charge < -0.3 is 10.2 Å². The Balaban J connectivity index is 1.51. The first-order valence-electron chi connectivity index (χ1n) is 12.0. The standard InChI is InChI=1S/C26H31N3O5S/c1-18-9-3-4-10-20(18)17-28(19(2)25(31)27-21-11-5-6-12-21)24(30)15-16-29-26(32)22-13-7-8-14-23(22)35(29,33)34/h3-4,7-10,13-14,19,21H,5-6,11-12,15-17H2,1-2H3,(H,27,31)/t19-/m1/s1. The largest absolute Gasteiger partial charge is 0.352 e. The lowest BCUT2D eigenvalue weighted by Gasteiger charge is -2.30. The third-order valence-electron chi connectivity index (χ3n) is 6.91. The zero-order valence-corrected chi connectivity index (χ0v) is 20.9. The molecule has 0 bridgehead atoms. The zero-order valence-electron chi connectivity index (χ0n) is 20.1. The van der Waals surface area contributed by atoms with Crippen LogP contribution in [0, 0.1) is 6.92 Å². The second-order valence-corrected chi connectivity index (χ2v) is 11.1. The van der Waals surface area contributed by atoms with Crippen molar-refractivity contribution < 1.29 is 22.8 Å². The number of fused-ring (bicyclic) bond motifs is 1. The van der Waals surface area contributed by atoms with E-state index in [1.165, 1.54) is 17.0 Å². The molecule has 1 saturated carbocycles. The average Bonchev–Trinajstić information content (AvgIpc) is 3.41. The maximum absolute atomic E-state index is 13.4. The van der Waals surface area contributed by atoms with Gasteiger partial charge >= 0.3 is 0 Å². The Labute approximate surface area is 206 Å². The minimum atomic E-state index is -4.00. The number of sulfonamides is 1. The first kappa shape index (κ1) is 24.9. The summed E-state index contributed by atoms with van der Waals surface area (Å²) >= 11 is 0. The van der Waals surface area contributed by atoms with Crippen LogP contribution in [0.2, 0.25) is 0 Å². The van der Waals surface area contributed by atoms with Crippen LogP contribution >= 0.6 is 0 Å². The summed E-state index contributed by atoms with van der Waals surface area (Å²) in [5.74, 6) is -1.25. The van der Waals surface area contributed by atoms with Crippen LogP contribution in [-0.4, -0.2) is 54.0 Å². The van der Waals surface area contributed by atoms with Crippen LogP contribution in [-0.2, 0) is 26.2 Å². The number of hydrogen-bond donors (Lipinski definition) is 1. The molecule has 0 saturated heterocycles. The third-order valence-corrected chi connectivity index (χ3v) is 8.75. The van der Waals surface area contributed by atoms with Crippen LogP contribution < -0.4 is 5.32 Å². The van der Waals surface area contributed by atoms with Crippen molar-refractivity contribution >= 4 is 27.7 Å². The van der Waals surface area contributed by atoms with E-state index in [4.69, 9.17) is 0 Å². The monoisotopic (exact) mass is 497 g/mol. The number of nitrogens with zero attached hydrogens (tertiary/aromatic N) is 2. The summed E-state index contributed by atoms with van der Waals surface area (Å²) in [5, 5.41) is 3.05. The highest BCUT2D eigenvalue weighted by atomic mass is 32.2. The molecule has 186 valence electrons. The van der Waals surface area contributed by atoms with E-state index >= 15 is 0 Å². The van der Waals surface area contributed by atoms with Crippen molar-refractivity contribution in [2.24, 2.45) is 0 Å². The second kappa shape index (κ2) is 10.2. The van der Waals surface area contributed by atoms with Crippen LogP contribution in [0.4, 0.5) is 0 Å². The van der Waals surface area contributed by atoms with Gasteiger partial charge in [-0.05, 0) is 49.9 Å². The Morgan fingerprint density at radius 3 is 2.43 bits per heavy atom. The fraction of sp³-hybridized carbons (Fsp3) is 0.423. The minimum absolute atomic E-state index is 0.0430. The number of aryl methyl sites for hydroxylation is 1. The smallest absolute Gasteiger partial charge is 0.269 e. The van der Waals surface area contributed by atoms with Gasteiger partial charge in [-0.1, -0.05) is 49.2 Å². The van der Waals surface area contributed by atoms with E-state index in [1.54, 1.807) is 19.1 Å². The Hall–Kier alpha value is -3.20. The van der Waals surface area contributed by atoms with Crippen LogP contribution in [0.25, 0.3) is 0 Å². The van der Waals surface area contributed by atoms with E-state index < -0.39 is 22.0 Å². The summed E-state index contributed by atoms with van der Waals surface area (Å²) < 4.78 is 26.5. The van der Waals surface area contributed by atoms with E-state index in [-0.39, 0.29) is 47.8 Å². The molecule has 1 aliphatic carbocycles. The number of benzene rings is 2. The van der Waals surface area contributed by atoms with E-state index in [0.29, 0.717) is 0 Å². The molecule has 35 heavy (non-hydrogen) atoms. The molecule has 1 aliphatic heterocycles. The first-order valence-corrected chi connectivity index (χ1v) is 13.4. The molecule has 3 amide bonds. The lowest BCUT2D eigenvalue weighted by Crippen LogP contribution is -2.50. The van der Waals surface area contributed by atoms with Gasteiger partial charge in [-0.25, -0.2) is 12.7 Å². The van der Waals surface area contributed by atoms with E-state index in [2.05, 4.69) is 5.32 Å². The summed E-state index contributed by atoms with van der Waals surface area (Å²) in [4.78, 5) is 40.6. The molecule has 1 N–H and O–H groups in total. The number of hydrogen-bond acceptors (Lipinski definition) is 5. The maximum atomic E-state index is 13.4. The number of rotatable bonds is 8. The molecule has 1 heterocycles. The summed E-state index contributed by atoms with van der Waals surface area (Å²) in [7, 11) is -4.00. The van der Waals surface area contributed by atoms with Gasteiger partial charge in [0.25, 0.3) is 15.9 Å². The Morgan fingerprint density at radius 1 is 1.09 bits per heavy atom. The summed E-state index contributed by atoms with van der Waals surface area (Å²) in [6, 6.07) is 13.0. The molecule has 2 aromatic carbocycles. The fourth-order valence-electron chi connectivity index (χ4n) is 4.74. The minimum Gasteiger partial charge on any atom is -0.352 e. The fourth-order valence-corrected chi connectivity index (χ4v) is 6.31. The predicted octanol–water partition coefficient (Wildman–Crippen LogP) is 3.01. The molecule has 0 spiro atoms. The van der Waals surface area contributed by atoms with Crippen molar-refractivity contribution in [3.05, 3.63) is 65.2 Å². The number of amides is 3. The number of carbonyl (C=O) groups is 3. The van der Waals surface area contributed by atoms with Gasteiger partial charge in [0.1, 0.15) is 10.9 Å². The van der Waals surface area contributed by atoms with Crippen LogP contribution in [0.15, 0.2) is 53.4 Å². The van der Waals surface area contributed by atoms with Gasteiger partial charge in [-0.15, -0.1) is 0 Å². The molecule has 0 unspecified atom stereocenters. The molecule has 4 rings (SSSR count). The van der Waals surface area contributed by atoms with Crippen molar-refractivity contribution in [1.29, 1.82) is 0 Å². The summed E-state index contributed by atoms with van der Waals surface area (Å²) in [6.45, 7) is 3.56. The van der Waals surface area contributed by atoms with Crippen molar-refractivity contribution in [3.63, 3.8) is 0 Å². The predicted molar refractivity (Wildman–Crippen MR) is 131 cm³/mol. The van der Waals surface area contributed by atoms with Crippen molar-refractivity contribution in [3.8, 4) is 0 Å². The number of nitrogens with one attached hydrogen (secondary N) is 1. The molecule has 9 heteroatoms. The van der Waals surface area contributed by atoms with Crippen LogP contribution in [0.1, 0.15) is 60.5 Å². The molecule has 2 aromatic rings. The molecule has 0 aromatic heterocycles. The number of carbonyl (C=O) groups excluding carboxylic acids is 3. The molecule has 0 radical (unpaired) electrons. The first-order chi connectivity index (χ1) is 16.7. The lowest BCUT2D eigenvalue weighted by atomic mass is 10.1. The van der Waals surface area contributed by atoms with E-state index in [0.717, 1.165) is 41.1 Å². The molecular weight excluding hydrogens is 466 g/mol. The molecule has 8 nitrogen and oxygen atoms in total. The molecule has 1 fully saturated rings. The van der Waals surface area contributed by atoms with Crippen molar-refractivity contribution in [2.75, 3.05) is 6.54 Å². The van der Waals surface area contributed by atoms with E-state index in [9.17, 15) is 22.8 Å². The van der Waals surface area contributed by atoms with Crippen molar-refractivity contribution in [2.45, 2.75) is 69.5 Å². The topological polar surface area (TPSA) is 104 Å². The van der Waals surface area contributed by atoms with Crippen LogP contribution in [0.5, 0.6) is 0 Å². The third kappa shape index (κ3) is 5.10. The second-order valence-electron chi connectivity index (χ2n) is 9.24. The van der Waals surface area contributed by atoms with E-state index in [1.807, 2.05) is 31.2 Å². The van der Waals surface area contributed by atoms with Gasteiger partial charge in [0.05, 0.1) is 5.56 Å². The van der Waals surface area contributed by atoms with Gasteiger partial charge in [0.2, 0.25) is 11.8 Å². The van der Waals surface area contributed by atoms with Crippen molar-refractivity contribution in [1.82, 2.24) is 14.5 Å². The maximum Gasteiger partial charge on any atom is 0.269 e. The van der Waals surface area contributed by atoms with Crippen LogP contribution in [0.3, 0.4) is 0 Å². The Kier molecular flexibility index (Phi) is 7.25. The highest BCUT2D eigenvalue weighted by molar-refractivity contribution is 7.90. The van der Waals surface area contributed by atoms with Gasteiger partial charge in [0, 0.05) is 25.6 Å². The quantitative estimate of drug-likeness (QED) is 0.604. The molecule has 2 aliphatic rings. The highest BCUT2D eigenvalue weighted by Gasteiger charge is 2.41.